The van der Waals surface area contributed by atoms with Gasteiger partial charge in [-0.05, 0) is 86.3 Å². The molecule has 0 fully saturated rings. The summed E-state index contributed by atoms with van der Waals surface area (Å²) in [6, 6.07) is 15.2. The number of rotatable bonds is 10. The van der Waals surface area contributed by atoms with Gasteiger partial charge in [0.05, 0.1) is 28.6 Å². The molecule has 2 heterocycles. The third-order valence-corrected chi connectivity index (χ3v) is 8.18. The normalized spacial score (nSPS) is 12.1. The summed E-state index contributed by atoms with van der Waals surface area (Å²) in [7, 11) is -4.28. The molecule has 0 aliphatic rings. The summed E-state index contributed by atoms with van der Waals surface area (Å²) in [5, 5.41) is 19.0. The van der Waals surface area contributed by atoms with Crippen LogP contribution in [0.15, 0.2) is 71.8 Å². The number of pyridine rings is 1. The molecule has 0 spiro atoms. The number of carboxylic acid groups (broad SMARTS) is 2. The van der Waals surface area contributed by atoms with Crippen molar-refractivity contribution in [2.45, 2.75) is 50.2 Å². The molecule has 23 heteroatoms. The molecule has 0 bridgehead atoms. The number of carbonyl (C=O) groups is 3. The standard InChI is InChI=1S/C29H31N7O5S.2C2HF3O2/c1-4-40-25-14-18(5-10-24(25)41-16(2)3)26(33-19-6-8-21-17(13-19)11-12-32-27(21)30)28(37)36-42(38,39)20-7-9-22-23(15-20)35-29(31)34-22;2*3-2(4,5)1(6)7/h5-16,26,33H,4H2,1-3H3,(H2,30,32)(H,36,37)(H3,31,34,35);2*(H,6,7). The fourth-order valence-electron chi connectivity index (χ4n) is 4.51. The van der Waals surface area contributed by atoms with Crippen LogP contribution in [0.1, 0.15) is 32.4 Å². The molecule has 0 aliphatic carbocycles. The Balaban J connectivity index is 0.000000512. The third kappa shape index (κ3) is 12.0. The largest absolute Gasteiger partial charge is 0.490 e. The highest BCUT2D eigenvalue weighted by Crippen LogP contribution is 2.34. The molecule has 0 aliphatic heterocycles. The molecule has 302 valence electrons. The van der Waals surface area contributed by atoms with Crippen molar-refractivity contribution < 1.29 is 68.8 Å². The number of hydrogen-bond acceptors (Lipinski definition) is 12. The Bertz CT molecular complexity index is 2290. The number of carboxylic acids is 2. The molecule has 5 aromatic rings. The molecule has 0 saturated carbocycles. The van der Waals surface area contributed by atoms with E-state index in [1.165, 1.54) is 18.2 Å². The fraction of sp³-hybridized carbons (Fsp3) is 0.242. The molecular weight excluding hydrogens is 784 g/mol. The van der Waals surface area contributed by atoms with Crippen LogP contribution in [0.4, 0.5) is 43.8 Å². The van der Waals surface area contributed by atoms with Gasteiger partial charge in [-0.15, -0.1) is 0 Å². The quantitative estimate of drug-likeness (QED) is 0.0873. The molecule has 56 heavy (non-hydrogen) atoms. The van der Waals surface area contributed by atoms with E-state index in [-0.39, 0.29) is 16.9 Å². The number of sulfonamides is 1. The Hall–Kier alpha value is -6.52. The van der Waals surface area contributed by atoms with E-state index in [0.717, 1.165) is 10.8 Å². The van der Waals surface area contributed by atoms with Gasteiger partial charge in [0.2, 0.25) is 0 Å². The molecular formula is C33H33F6N7O9S. The number of halogens is 6. The third-order valence-electron chi connectivity index (χ3n) is 6.83. The van der Waals surface area contributed by atoms with Gasteiger partial charge in [-0.3, -0.25) is 4.79 Å². The van der Waals surface area contributed by atoms with Crippen molar-refractivity contribution in [1.29, 1.82) is 0 Å². The summed E-state index contributed by atoms with van der Waals surface area (Å²) < 4.78 is 104. The monoisotopic (exact) mass is 817 g/mol. The number of nitrogens with zero attached hydrogens (tertiary/aromatic N) is 2. The lowest BCUT2D eigenvalue weighted by Gasteiger charge is -2.22. The lowest BCUT2D eigenvalue weighted by atomic mass is 10.0. The fourth-order valence-corrected chi connectivity index (χ4v) is 5.53. The van der Waals surface area contributed by atoms with E-state index in [4.69, 9.17) is 40.7 Å². The van der Waals surface area contributed by atoms with E-state index in [1.807, 2.05) is 20.8 Å². The molecule has 2 aromatic heterocycles. The van der Waals surface area contributed by atoms with Crippen LogP contribution in [0.3, 0.4) is 0 Å². The zero-order valence-corrected chi connectivity index (χ0v) is 30.0. The molecule has 0 radical (unpaired) electrons. The van der Waals surface area contributed by atoms with Gasteiger partial charge in [0.25, 0.3) is 15.9 Å². The molecule has 1 amide bonds. The summed E-state index contributed by atoms with van der Waals surface area (Å²) in [6.07, 6.45) is -8.69. The second kappa shape index (κ2) is 17.7. The van der Waals surface area contributed by atoms with E-state index in [9.17, 15) is 39.6 Å². The SMILES string of the molecule is CCOc1cc(C(Nc2ccc3c(N)nccc3c2)C(=O)NS(=O)(=O)c2ccc3nc(N)[nH]c3c2)ccc1OC(C)C.O=C(O)C(F)(F)F.O=C(O)C(F)(F)F. The minimum absolute atomic E-state index is 0.112. The summed E-state index contributed by atoms with van der Waals surface area (Å²) in [4.78, 5) is 42.4. The number of imidazole rings is 1. The topological polar surface area (TPSA) is 262 Å². The van der Waals surface area contributed by atoms with Gasteiger partial charge >= 0.3 is 24.3 Å². The van der Waals surface area contributed by atoms with Crippen LogP contribution in [0.5, 0.6) is 11.5 Å². The van der Waals surface area contributed by atoms with Crippen LogP contribution >= 0.6 is 0 Å². The average molecular weight is 818 g/mol. The van der Waals surface area contributed by atoms with Gasteiger partial charge in [0, 0.05) is 17.3 Å². The first-order chi connectivity index (χ1) is 25.9. The highest BCUT2D eigenvalue weighted by Gasteiger charge is 2.39. The highest BCUT2D eigenvalue weighted by molar-refractivity contribution is 7.90. The van der Waals surface area contributed by atoms with Gasteiger partial charge in [-0.1, -0.05) is 6.07 Å². The summed E-state index contributed by atoms with van der Waals surface area (Å²) in [5.41, 5.74) is 13.6. The maximum atomic E-state index is 13.8. The Labute approximate surface area is 312 Å². The number of fused-ring (bicyclic) bond motifs is 2. The maximum absolute atomic E-state index is 13.8. The zero-order chi connectivity index (χ0) is 42.2. The number of nitrogen functional groups attached to an aromatic ring is 2. The molecule has 1 atom stereocenters. The number of H-pyrrole nitrogens is 1. The van der Waals surface area contributed by atoms with E-state index in [2.05, 4.69) is 25.0 Å². The molecule has 16 nitrogen and oxygen atoms in total. The van der Waals surface area contributed by atoms with Crippen molar-refractivity contribution in [2.24, 2.45) is 0 Å². The molecule has 1 unspecified atom stereocenters. The predicted molar refractivity (Wildman–Crippen MR) is 189 cm³/mol. The van der Waals surface area contributed by atoms with Gasteiger partial charge in [-0.2, -0.15) is 26.3 Å². The Morgan fingerprint density at radius 2 is 1.52 bits per heavy atom. The number of carbonyl (C=O) groups excluding carboxylic acids is 1. The Kier molecular flexibility index (Phi) is 13.9. The minimum Gasteiger partial charge on any atom is -0.490 e. The first-order valence-corrected chi connectivity index (χ1v) is 17.2. The van der Waals surface area contributed by atoms with Crippen molar-refractivity contribution in [3.8, 4) is 11.5 Å². The number of aliphatic carboxylic acids is 2. The summed E-state index contributed by atoms with van der Waals surface area (Å²) >= 11 is 0. The smallest absolute Gasteiger partial charge is 0.490 e. The Morgan fingerprint density at radius 3 is 2.09 bits per heavy atom. The van der Waals surface area contributed by atoms with Crippen molar-refractivity contribution in [1.82, 2.24) is 19.7 Å². The molecule has 5 rings (SSSR count). The first-order valence-electron chi connectivity index (χ1n) is 15.7. The van der Waals surface area contributed by atoms with E-state index in [0.29, 0.717) is 46.2 Å². The highest BCUT2D eigenvalue weighted by atomic mass is 32.2. The second-order valence-electron chi connectivity index (χ2n) is 11.4. The van der Waals surface area contributed by atoms with Crippen LogP contribution in [0.2, 0.25) is 0 Å². The van der Waals surface area contributed by atoms with Crippen LogP contribution in [-0.2, 0) is 24.4 Å². The first kappa shape index (κ1) is 43.9. The number of alkyl halides is 6. The van der Waals surface area contributed by atoms with Gasteiger partial charge < -0.3 is 41.5 Å². The van der Waals surface area contributed by atoms with E-state index in [1.54, 1.807) is 48.7 Å². The second-order valence-corrected chi connectivity index (χ2v) is 13.1. The number of aromatic amines is 1. The van der Waals surface area contributed by atoms with Gasteiger partial charge in [-0.25, -0.2) is 32.7 Å². The van der Waals surface area contributed by atoms with Crippen LogP contribution in [0, 0.1) is 0 Å². The van der Waals surface area contributed by atoms with Gasteiger partial charge in [0.15, 0.2) is 17.4 Å². The number of benzene rings is 3. The molecule has 0 saturated heterocycles. The van der Waals surface area contributed by atoms with E-state index < -0.39 is 46.3 Å². The number of ether oxygens (including phenoxy) is 2. The number of amides is 1. The van der Waals surface area contributed by atoms with Crippen LogP contribution in [-0.4, -0.2) is 76.5 Å². The number of nitrogens with two attached hydrogens (primary N) is 2. The van der Waals surface area contributed by atoms with Crippen molar-refractivity contribution in [3.63, 3.8) is 0 Å². The predicted octanol–water partition coefficient (Wildman–Crippen LogP) is 5.39. The molecule has 9 N–H and O–H groups in total. The maximum Gasteiger partial charge on any atom is 0.490 e. The van der Waals surface area contributed by atoms with Crippen molar-refractivity contribution in [3.05, 3.63) is 72.4 Å². The van der Waals surface area contributed by atoms with Crippen molar-refractivity contribution in [2.75, 3.05) is 23.4 Å². The summed E-state index contributed by atoms with van der Waals surface area (Å²) in [6.45, 7) is 5.98. The number of nitrogens with one attached hydrogen (secondary N) is 3. The minimum atomic E-state index is -5.08. The number of anilines is 3. The van der Waals surface area contributed by atoms with Gasteiger partial charge in [0.1, 0.15) is 11.9 Å². The lowest BCUT2D eigenvalue weighted by Crippen LogP contribution is -2.37. The van der Waals surface area contributed by atoms with Crippen LogP contribution < -0.4 is 31.0 Å². The lowest BCUT2D eigenvalue weighted by molar-refractivity contribution is -0.193. The van der Waals surface area contributed by atoms with Crippen LogP contribution in [0.25, 0.3) is 21.8 Å². The molecule has 3 aromatic carbocycles. The number of aromatic nitrogens is 3. The summed E-state index contributed by atoms with van der Waals surface area (Å²) in [5.74, 6) is -4.88. The number of hydrogen-bond donors (Lipinski definition) is 7. The zero-order valence-electron chi connectivity index (χ0n) is 29.2. The average Bonchev–Trinajstić information content (AvgIpc) is 3.47. The van der Waals surface area contributed by atoms with Crippen molar-refractivity contribution >= 4 is 67.1 Å². The Morgan fingerprint density at radius 1 is 0.893 bits per heavy atom. The van der Waals surface area contributed by atoms with E-state index >= 15 is 0 Å².